The van der Waals surface area contributed by atoms with Gasteiger partial charge in [0.15, 0.2) is 0 Å². The van der Waals surface area contributed by atoms with Crippen LogP contribution in [-0.4, -0.2) is 47.4 Å². The lowest BCUT2D eigenvalue weighted by atomic mass is 9.87. The van der Waals surface area contributed by atoms with Crippen molar-refractivity contribution in [2.24, 2.45) is 11.8 Å². The molecule has 3 rings (SSSR count). The normalized spacial score (nSPS) is 24.9. The molecule has 1 aromatic heterocycles. The molecule has 2 saturated heterocycles. The van der Waals surface area contributed by atoms with Crippen molar-refractivity contribution >= 4 is 11.6 Å². The SMILES string of the molecule is CCC(CC)C1CCN(c2cc(N3CCCC3CO)ncn2)C1. The molecule has 1 N–H and O–H groups in total. The van der Waals surface area contributed by atoms with E-state index in [1.165, 1.54) is 19.3 Å². The molecule has 0 saturated carbocycles. The Bertz CT molecular complexity index is 506. The van der Waals surface area contributed by atoms with Crippen LogP contribution < -0.4 is 9.80 Å². The molecule has 2 fully saturated rings. The number of aliphatic hydroxyl groups is 1. The highest BCUT2D eigenvalue weighted by molar-refractivity contribution is 5.51. The minimum atomic E-state index is 0.208. The topological polar surface area (TPSA) is 52.5 Å². The molecule has 0 aromatic carbocycles. The van der Waals surface area contributed by atoms with Gasteiger partial charge in [0.05, 0.1) is 12.6 Å². The van der Waals surface area contributed by atoms with Gasteiger partial charge in [0.1, 0.15) is 18.0 Å². The Hall–Kier alpha value is -1.36. The van der Waals surface area contributed by atoms with E-state index in [-0.39, 0.29) is 12.6 Å². The lowest BCUT2D eigenvalue weighted by Gasteiger charge is -2.26. The molecule has 0 bridgehead atoms. The van der Waals surface area contributed by atoms with Crippen LogP contribution in [0.15, 0.2) is 12.4 Å². The Morgan fingerprint density at radius 2 is 1.96 bits per heavy atom. The van der Waals surface area contributed by atoms with Gasteiger partial charge < -0.3 is 14.9 Å². The molecule has 5 nitrogen and oxygen atoms in total. The zero-order valence-electron chi connectivity index (χ0n) is 14.5. The Labute approximate surface area is 139 Å². The van der Waals surface area contributed by atoms with Crippen LogP contribution in [0.2, 0.25) is 0 Å². The summed E-state index contributed by atoms with van der Waals surface area (Å²) in [7, 11) is 0. The molecule has 0 amide bonds. The third-order valence-electron chi connectivity index (χ3n) is 5.78. The van der Waals surface area contributed by atoms with Gasteiger partial charge in [0.2, 0.25) is 0 Å². The number of aromatic nitrogens is 2. The molecular formula is C18H30N4O. The molecule has 0 aliphatic carbocycles. The molecule has 2 unspecified atom stereocenters. The molecule has 2 atom stereocenters. The average molecular weight is 318 g/mol. The van der Waals surface area contributed by atoms with Crippen LogP contribution in [0.5, 0.6) is 0 Å². The van der Waals surface area contributed by atoms with Crippen molar-refractivity contribution in [3.63, 3.8) is 0 Å². The van der Waals surface area contributed by atoms with E-state index in [1.54, 1.807) is 6.33 Å². The van der Waals surface area contributed by atoms with Gasteiger partial charge in [-0.15, -0.1) is 0 Å². The predicted octanol–water partition coefficient (Wildman–Crippen LogP) is 2.70. The Morgan fingerprint density at radius 3 is 2.70 bits per heavy atom. The fourth-order valence-electron chi connectivity index (χ4n) is 4.33. The van der Waals surface area contributed by atoms with E-state index in [0.717, 1.165) is 55.9 Å². The van der Waals surface area contributed by atoms with Crippen LogP contribution in [0.4, 0.5) is 11.6 Å². The first-order valence-electron chi connectivity index (χ1n) is 9.21. The second kappa shape index (κ2) is 7.47. The fraction of sp³-hybridized carbons (Fsp3) is 0.778. The lowest BCUT2D eigenvalue weighted by molar-refractivity contribution is 0.266. The van der Waals surface area contributed by atoms with E-state index in [0.29, 0.717) is 0 Å². The Balaban J connectivity index is 1.71. The van der Waals surface area contributed by atoms with Crippen LogP contribution in [0.3, 0.4) is 0 Å². The van der Waals surface area contributed by atoms with Gasteiger partial charge in [0, 0.05) is 25.7 Å². The summed E-state index contributed by atoms with van der Waals surface area (Å²) < 4.78 is 0. The van der Waals surface area contributed by atoms with E-state index in [1.807, 2.05) is 0 Å². The highest BCUT2D eigenvalue weighted by Crippen LogP contribution is 2.32. The monoisotopic (exact) mass is 318 g/mol. The maximum atomic E-state index is 9.53. The fourth-order valence-corrected chi connectivity index (χ4v) is 4.33. The maximum Gasteiger partial charge on any atom is 0.134 e. The highest BCUT2D eigenvalue weighted by Gasteiger charge is 2.30. The van der Waals surface area contributed by atoms with E-state index in [4.69, 9.17) is 0 Å². The summed E-state index contributed by atoms with van der Waals surface area (Å²) in [5, 5.41) is 9.53. The van der Waals surface area contributed by atoms with Crippen molar-refractivity contribution in [1.82, 2.24) is 9.97 Å². The van der Waals surface area contributed by atoms with Crippen molar-refractivity contribution in [2.75, 3.05) is 36.0 Å². The van der Waals surface area contributed by atoms with Gasteiger partial charge in [-0.2, -0.15) is 0 Å². The summed E-state index contributed by atoms with van der Waals surface area (Å²) in [6.45, 7) is 8.02. The van der Waals surface area contributed by atoms with Crippen LogP contribution in [0, 0.1) is 11.8 Å². The number of rotatable bonds is 6. The maximum absolute atomic E-state index is 9.53. The minimum absolute atomic E-state index is 0.208. The zero-order chi connectivity index (χ0) is 16.2. The van der Waals surface area contributed by atoms with Gasteiger partial charge in [-0.05, 0) is 31.1 Å². The first kappa shape index (κ1) is 16.5. The van der Waals surface area contributed by atoms with Crippen molar-refractivity contribution in [3.05, 3.63) is 12.4 Å². The third-order valence-corrected chi connectivity index (χ3v) is 5.78. The van der Waals surface area contributed by atoms with Gasteiger partial charge in [-0.25, -0.2) is 9.97 Å². The van der Waals surface area contributed by atoms with Crippen molar-refractivity contribution < 1.29 is 5.11 Å². The molecule has 3 heterocycles. The van der Waals surface area contributed by atoms with Gasteiger partial charge >= 0.3 is 0 Å². The van der Waals surface area contributed by atoms with Crippen molar-refractivity contribution in [3.8, 4) is 0 Å². The minimum Gasteiger partial charge on any atom is -0.394 e. The first-order valence-corrected chi connectivity index (χ1v) is 9.21. The van der Waals surface area contributed by atoms with Gasteiger partial charge in [-0.1, -0.05) is 26.7 Å². The molecule has 1 aromatic rings. The molecule has 2 aliphatic rings. The molecular weight excluding hydrogens is 288 g/mol. The van der Waals surface area contributed by atoms with Crippen LogP contribution in [0.25, 0.3) is 0 Å². The number of nitrogens with zero attached hydrogens (tertiary/aromatic N) is 4. The molecule has 0 spiro atoms. The first-order chi connectivity index (χ1) is 11.3. The van der Waals surface area contributed by atoms with Crippen molar-refractivity contribution in [2.45, 2.75) is 52.0 Å². The van der Waals surface area contributed by atoms with Crippen LogP contribution in [-0.2, 0) is 0 Å². The summed E-state index contributed by atoms with van der Waals surface area (Å²) in [5.74, 6) is 3.64. The smallest absolute Gasteiger partial charge is 0.134 e. The standard InChI is InChI=1S/C18H30N4O/c1-3-14(4-2)15-7-9-21(11-15)17-10-18(20-13-19-17)22-8-5-6-16(22)12-23/h10,13-16,23H,3-9,11-12H2,1-2H3. The molecule has 23 heavy (non-hydrogen) atoms. The van der Waals surface area contributed by atoms with E-state index in [9.17, 15) is 5.11 Å². The van der Waals surface area contributed by atoms with E-state index >= 15 is 0 Å². The average Bonchev–Trinajstić information content (AvgIpc) is 3.25. The predicted molar refractivity (Wildman–Crippen MR) is 93.9 cm³/mol. The van der Waals surface area contributed by atoms with Crippen LogP contribution >= 0.6 is 0 Å². The van der Waals surface area contributed by atoms with Crippen molar-refractivity contribution in [1.29, 1.82) is 0 Å². The van der Waals surface area contributed by atoms with Gasteiger partial charge in [-0.3, -0.25) is 0 Å². The molecule has 0 radical (unpaired) electrons. The summed E-state index contributed by atoms with van der Waals surface area (Å²) in [6.07, 6.45) is 7.68. The second-order valence-electron chi connectivity index (χ2n) is 6.98. The number of hydrogen-bond donors (Lipinski definition) is 1. The summed E-state index contributed by atoms with van der Waals surface area (Å²) in [4.78, 5) is 13.6. The number of aliphatic hydroxyl groups excluding tert-OH is 1. The molecule has 128 valence electrons. The van der Waals surface area contributed by atoms with E-state index in [2.05, 4.69) is 39.7 Å². The second-order valence-corrected chi connectivity index (χ2v) is 6.98. The van der Waals surface area contributed by atoms with Gasteiger partial charge in [0.25, 0.3) is 0 Å². The Morgan fingerprint density at radius 1 is 1.17 bits per heavy atom. The number of hydrogen-bond acceptors (Lipinski definition) is 5. The summed E-state index contributed by atoms with van der Waals surface area (Å²) >= 11 is 0. The molecule has 5 heteroatoms. The van der Waals surface area contributed by atoms with E-state index < -0.39 is 0 Å². The quantitative estimate of drug-likeness (QED) is 0.874. The largest absolute Gasteiger partial charge is 0.394 e. The lowest BCUT2D eigenvalue weighted by Crippen LogP contribution is -2.33. The zero-order valence-corrected chi connectivity index (χ0v) is 14.5. The summed E-state index contributed by atoms with van der Waals surface area (Å²) in [5.41, 5.74) is 0. The molecule has 2 aliphatic heterocycles. The third kappa shape index (κ3) is 3.44. The van der Waals surface area contributed by atoms with Crippen LogP contribution in [0.1, 0.15) is 46.0 Å². The number of anilines is 2. The summed E-state index contributed by atoms with van der Waals surface area (Å²) in [6, 6.07) is 2.33. The Kier molecular flexibility index (Phi) is 5.36. The highest BCUT2D eigenvalue weighted by atomic mass is 16.3.